The van der Waals surface area contributed by atoms with Crippen LogP contribution in [0, 0.1) is 5.92 Å². The van der Waals surface area contributed by atoms with Gasteiger partial charge in [0.2, 0.25) is 0 Å². The fourth-order valence-electron chi connectivity index (χ4n) is 1.73. The molecule has 0 aliphatic rings. The van der Waals surface area contributed by atoms with Gasteiger partial charge in [0.1, 0.15) is 0 Å². The van der Waals surface area contributed by atoms with Gasteiger partial charge in [-0.15, -0.1) is 0 Å². The molecule has 2 N–H and O–H groups in total. The molecule has 0 amide bonds. The highest BCUT2D eigenvalue weighted by atomic mass is 14.7. The van der Waals surface area contributed by atoms with Crippen molar-refractivity contribution in [2.75, 3.05) is 0 Å². The Bertz CT molecular complexity index is 242. The van der Waals surface area contributed by atoms with E-state index in [4.69, 9.17) is 5.73 Å². The summed E-state index contributed by atoms with van der Waals surface area (Å²) in [6.07, 6.45) is 7.13. The van der Waals surface area contributed by atoms with Gasteiger partial charge in [-0.1, -0.05) is 26.7 Å². The Kier molecular flexibility index (Phi) is 4.60. The van der Waals surface area contributed by atoms with E-state index in [2.05, 4.69) is 18.8 Å². The van der Waals surface area contributed by atoms with Gasteiger partial charge in [0.15, 0.2) is 0 Å². The average molecular weight is 192 g/mol. The quantitative estimate of drug-likeness (QED) is 0.779. The van der Waals surface area contributed by atoms with E-state index in [1.54, 1.807) is 0 Å². The molecule has 1 heterocycles. The van der Waals surface area contributed by atoms with Gasteiger partial charge in [-0.25, -0.2) is 0 Å². The van der Waals surface area contributed by atoms with Crippen LogP contribution >= 0.6 is 0 Å². The molecular weight excluding hydrogens is 172 g/mol. The number of hydrogen-bond acceptors (Lipinski definition) is 2. The highest BCUT2D eigenvalue weighted by Crippen LogP contribution is 2.22. The first-order chi connectivity index (χ1) is 6.77. The summed E-state index contributed by atoms with van der Waals surface area (Å²) in [6, 6.07) is 4.18. The maximum atomic E-state index is 6.12. The Morgan fingerprint density at radius 2 is 1.79 bits per heavy atom. The number of nitrogens with zero attached hydrogens (tertiary/aromatic N) is 1. The SMILES string of the molecule is CCC(CC)C[C@@H](N)c1ccncc1. The van der Waals surface area contributed by atoms with Crippen molar-refractivity contribution >= 4 is 0 Å². The molecule has 0 aliphatic carbocycles. The summed E-state index contributed by atoms with van der Waals surface area (Å²) in [5, 5.41) is 0. The van der Waals surface area contributed by atoms with Crippen LogP contribution in [-0.2, 0) is 0 Å². The van der Waals surface area contributed by atoms with E-state index in [1.165, 1.54) is 18.4 Å². The van der Waals surface area contributed by atoms with Gasteiger partial charge in [-0.05, 0) is 30.0 Å². The van der Waals surface area contributed by atoms with Crippen LogP contribution in [0.5, 0.6) is 0 Å². The second-order valence-electron chi connectivity index (χ2n) is 3.81. The van der Waals surface area contributed by atoms with Gasteiger partial charge in [0, 0.05) is 18.4 Å². The van der Waals surface area contributed by atoms with Crippen molar-refractivity contribution in [2.45, 2.75) is 39.2 Å². The number of rotatable bonds is 5. The minimum atomic E-state index is 0.169. The van der Waals surface area contributed by atoms with Crippen molar-refractivity contribution in [3.63, 3.8) is 0 Å². The molecule has 0 aromatic carbocycles. The van der Waals surface area contributed by atoms with Crippen LogP contribution in [0.15, 0.2) is 24.5 Å². The van der Waals surface area contributed by atoms with E-state index in [9.17, 15) is 0 Å². The van der Waals surface area contributed by atoms with Gasteiger partial charge >= 0.3 is 0 Å². The first kappa shape index (κ1) is 11.2. The summed E-state index contributed by atoms with van der Waals surface area (Å²) >= 11 is 0. The summed E-state index contributed by atoms with van der Waals surface area (Å²) in [5.41, 5.74) is 7.32. The largest absolute Gasteiger partial charge is 0.324 e. The van der Waals surface area contributed by atoms with E-state index in [1.807, 2.05) is 24.5 Å². The number of pyridine rings is 1. The lowest BCUT2D eigenvalue weighted by molar-refractivity contribution is 0.414. The van der Waals surface area contributed by atoms with Crippen LogP contribution in [0.2, 0.25) is 0 Å². The number of nitrogens with two attached hydrogens (primary N) is 1. The van der Waals surface area contributed by atoms with Crippen molar-refractivity contribution in [2.24, 2.45) is 11.7 Å². The molecule has 0 radical (unpaired) electrons. The molecule has 1 atom stereocenters. The number of hydrogen-bond donors (Lipinski definition) is 1. The van der Waals surface area contributed by atoms with Gasteiger partial charge in [-0.3, -0.25) is 4.98 Å². The Balaban J connectivity index is 2.54. The second-order valence-corrected chi connectivity index (χ2v) is 3.81. The third kappa shape index (κ3) is 3.11. The molecule has 0 bridgehead atoms. The van der Waals surface area contributed by atoms with Gasteiger partial charge in [-0.2, -0.15) is 0 Å². The molecule has 1 rings (SSSR count). The molecule has 0 aliphatic heterocycles. The molecule has 78 valence electrons. The van der Waals surface area contributed by atoms with Crippen molar-refractivity contribution in [3.8, 4) is 0 Å². The van der Waals surface area contributed by atoms with Crippen LogP contribution in [-0.4, -0.2) is 4.98 Å². The van der Waals surface area contributed by atoms with E-state index < -0.39 is 0 Å². The Hall–Kier alpha value is -0.890. The van der Waals surface area contributed by atoms with E-state index in [0.717, 1.165) is 12.3 Å². The molecule has 0 saturated heterocycles. The maximum absolute atomic E-state index is 6.12. The Labute approximate surface area is 86.5 Å². The summed E-state index contributed by atoms with van der Waals surface area (Å²) < 4.78 is 0. The van der Waals surface area contributed by atoms with Crippen LogP contribution in [0.4, 0.5) is 0 Å². The lowest BCUT2D eigenvalue weighted by Gasteiger charge is -2.18. The van der Waals surface area contributed by atoms with Crippen molar-refractivity contribution in [1.82, 2.24) is 4.98 Å². The number of aromatic nitrogens is 1. The maximum Gasteiger partial charge on any atom is 0.0298 e. The lowest BCUT2D eigenvalue weighted by Crippen LogP contribution is -2.14. The summed E-state index contributed by atoms with van der Waals surface area (Å²) in [7, 11) is 0. The third-order valence-electron chi connectivity index (χ3n) is 2.88. The molecular formula is C12H20N2. The highest BCUT2D eigenvalue weighted by Gasteiger charge is 2.11. The topological polar surface area (TPSA) is 38.9 Å². The zero-order chi connectivity index (χ0) is 10.4. The molecule has 0 unspecified atom stereocenters. The second kappa shape index (κ2) is 5.76. The van der Waals surface area contributed by atoms with Gasteiger partial charge in [0.25, 0.3) is 0 Å². The Morgan fingerprint density at radius 1 is 1.21 bits per heavy atom. The zero-order valence-corrected chi connectivity index (χ0v) is 9.11. The van der Waals surface area contributed by atoms with E-state index in [0.29, 0.717) is 0 Å². The van der Waals surface area contributed by atoms with Crippen LogP contribution in [0.1, 0.15) is 44.7 Å². The summed E-state index contributed by atoms with van der Waals surface area (Å²) in [5.74, 6) is 0.748. The summed E-state index contributed by atoms with van der Waals surface area (Å²) in [4.78, 5) is 3.99. The van der Waals surface area contributed by atoms with E-state index >= 15 is 0 Å². The standard InChI is InChI=1S/C12H20N2/c1-3-10(4-2)9-12(13)11-5-7-14-8-6-11/h5-8,10,12H,3-4,9,13H2,1-2H3/t12-/m1/s1. The molecule has 0 spiro atoms. The highest BCUT2D eigenvalue weighted by molar-refractivity contribution is 5.14. The predicted octanol–water partition coefficient (Wildman–Crippen LogP) is 2.91. The van der Waals surface area contributed by atoms with Crippen LogP contribution in [0.3, 0.4) is 0 Å². The fraction of sp³-hybridized carbons (Fsp3) is 0.583. The van der Waals surface area contributed by atoms with Crippen molar-refractivity contribution in [3.05, 3.63) is 30.1 Å². The Morgan fingerprint density at radius 3 is 2.29 bits per heavy atom. The normalized spacial score (nSPS) is 13.1. The molecule has 2 heteroatoms. The average Bonchev–Trinajstić information content (AvgIpc) is 2.26. The molecule has 0 fully saturated rings. The smallest absolute Gasteiger partial charge is 0.0298 e. The first-order valence-corrected chi connectivity index (χ1v) is 5.43. The van der Waals surface area contributed by atoms with Crippen molar-refractivity contribution in [1.29, 1.82) is 0 Å². The predicted molar refractivity (Wildman–Crippen MR) is 59.9 cm³/mol. The van der Waals surface area contributed by atoms with Crippen molar-refractivity contribution < 1.29 is 0 Å². The fourth-order valence-corrected chi connectivity index (χ4v) is 1.73. The zero-order valence-electron chi connectivity index (χ0n) is 9.11. The van der Waals surface area contributed by atoms with Crippen LogP contribution < -0.4 is 5.73 Å². The van der Waals surface area contributed by atoms with Gasteiger partial charge < -0.3 is 5.73 Å². The molecule has 0 saturated carbocycles. The molecule has 1 aromatic rings. The van der Waals surface area contributed by atoms with Crippen LogP contribution in [0.25, 0.3) is 0 Å². The minimum absolute atomic E-state index is 0.169. The first-order valence-electron chi connectivity index (χ1n) is 5.43. The third-order valence-corrected chi connectivity index (χ3v) is 2.88. The lowest BCUT2D eigenvalue weighted by atomic mass is 9.92. The van der Waals surface area contributed by atoms with E-state index in [-0.39, 0.29) is 6.04 Å². The monoisotopic (exact) mass is 192 g/mol. The molecule has 2 nitrogen and oxygen atoms in total. The summed E-state index contributed by atoms with van der Waals surface area (Å²) in [6.45, 7) is 4.46. The molecule has 14 heavy (non-hydrogen) atoms. The minimum Gasteiger partial charge on any atom is -0.324 e. The van der Waals surface area contributed by atoms with Gasteiger partial charge in [0.05, 0.1) is 0 Å². The molecule has 1 aromatic heterocycles.